The van der Waals surface area contributed by atoms with Crippen molar-refractivity contribution in [2.24, 2.45) is 0 Å². The molecule has 2 amide bonds. The predicted octanol–water partition coefficient (Wildman–Crippen LogP) is 3.54. The minimum absolute atomic E-state index is 0.175. The van der Waals surface area contributed by atoms with Gasteiger partial charge in [-0.15, -0.1) is 0 Å². The first-order chi connectivity index (χ1) is 12.9. The number of pyridine rings is 1. The monoisotopic (exact) mass is 381 g/mol. The maximum atomic E-state index is 12.6. The third-order valence-electron chi connectivity index (χ3n) is 3.96. The van der Waals surface area contributed by atoms with Gasteiger partial charge in [0.1, 0.15) is 0 Å². The summed E-state index contributed by atoms with van der Waals surface area (Å²) in [5.41, 5.74) is 2.43. The van der Waals surface area contributed by atoms with Crippen LogP contribution in [0.15, 0.2) is 82.8 Å². The molecule has 0 aliphatic heterocycles. The zero-order valence-corrected chi connectivity index (χ0v) is 15.5. The maximum Gasteiger partial charge on any atom is 0.319 e. The smallest absolute Gasteiger partial charge is 0.319 e. The standard InChI is InChI=1S/C20H19N3O3S/c1-15-2-6-18(7-3-15)27(25,26)19-8-4-17(5-9-19)23-20(24)22-14-16-10-12-21-13-11-16/h2-13H,14H2,1H3,(H2,22,23,24). The molecule has 138 valence electrons. The number of urea groups is 1. The van der Waals surface area contributed by atoms with E-state index in [-0.39, 0.29) is 15.8 Å². The quantitative estimate of drug-likeness (QED) is 0.707. The van der Waals surface area contributed by atoms with Crippen molar-refractivity contribution in [1.29, 1.82) is 0 Å². The molecule has 2 aromatic carbocycles. The van der Waals surface area contributed by atoms with E-state index in [0.717, 1.165) is 11.1 Å². The third-order valence-corrected chi connectivity index (χ3v) is 5.74. The van der Waals surface area contributed by atoms with Crippen molar-refractivity contribution in [2.75, 3.05) is 5.32 Å². The molecule has 0 unspecified atom stereocenters. The average molecular weight is 381 g/mol. The molecular weight excluding hydrogens is 362 g/mol. The van der Waals surface area contributed by atoms with Gasteiger partial charge in [-0.05, 0) is 61.0 Å². The van der Waals surface area contributed by atoms with Crippen LogP contribution in [0.1, 0.15) is 11.1 Å². The molecule has 6 nitrogen and oxygen atoms in total. The summed E-state index contributed by atoms with van der Waals surface area (Å²) in [6, 6.07) is 16.0. The van der Waals surface area contributed by atoms with Crippen molar-refractivity contribution < 1.29 is 13.2 Å². The lowest BCUT2D eigenvalue weighted by Gasteiger charge is -2.09. The first-order valence-electron chi connectivity index (χ1n) is 8.31. The van der Waals surface area contributed by atoms with Crippen LogP contribution in [-0.2, 0) is 16.4 Å². The van der Waals surface area contributed by atoms with Gasteiger partial charge in [0.2, 0.25) is 9.84 Å². The summed E-state index contributed by atoms with van der Waals surface area (Å²) in [5.74, 6) is 0. The molecule has 1 heterocycles. The fourth-order valence-electron chi connectivity index (χ4n) is 2.43. The lowest BCUT2D eigenvalue weighted by molar-refractivity contribution is 0.251. The number of hydrogen-bond donors (Lipinski definition) is 2. The fraction of sp³-hybridized carbons (Fsp3) is 0.100. The lowest BCUT2D eigenvalue weighted by Crippen LogP contribution is -2.28. The number of carbonyl (C=O) groups excluding carboxylic acids is 1. The summed E-state index contributed by atoms with van der Waals surface area (Å²) in [5, 5.41) is 5.40. The summed E-state index contributed by atoms with van der Waals surface area (Å²) in [4.78, 5) is 16.3. The highest BCUT2D eigenvalue weighted by atomic mass is 32.2. The Morgan fingerprint density at radius 2 is 1.44 bits per heavy atom. The van der Waals surface area contributed by atoms with Gasteiger partial charge in [-0.3, -0.25) is 4.98 Å². The van der Waals surface area contributed by atoms with Crippen molar-refractivity contribution in [3.8, 4) is 0 Å². The molecule has 7 heteroatoms. The van der Waals surface area contributed by atoms with E-state index in [1.165, 1.54) is 12.1 Å². The number of hydrogen-bond acceptors (Lipinski definition) is 4. The SMILES string of the molecule is Cc1ccc(S(=O)(=O)c2ccc(NC(=O)NCc3ccncc3)cc2)cc1. The summed E-state index contributed by atoms with van der Waals surface area (Å²) >= 11 is 0. The number of aryl methyl sites for hydroxylation is 1. The second kappa shape index (κ2) is 8.01. The first kappa shape index (κ1) is 18.6. The number of rotatable bonds is 5. The van der Waals surface area contributed by atoms with E-state index in [1.807, 2.05) is 19.1 Å². The van der Waals surface area contributed by atoms with Gasteiger partial charge >= 0.3 is 6.03 Å². The topological polar surface area (TPSA) is 88.2 Å². The Hall–Kier alpha value is -3.19. The minimum atomic E-state index is -3.58. The second-order valence-electron chi connectivity index (χ2n) is 6.00. The summed E-state index contributed by atoms with van der Waals surface area (Å²) in [6.07, 6.45) is 3.31. The van der Waals surface area contributed by atoms with Crippen LogP contribution in [0.25, 0.3) is 0 Å². The molecule has 3 aromatic rings. The summed E-state index contributed by atoms with van der Waals surface area (Å²) < 4.78 is 25.3. The summed E-state index contributed by atoms with van der Waals surface area (Å²) in [7, 11) is -3.58. The van der Waals surface area contributed by atoms with Gasteiger partial charge in [0, 0.05) is 24.6 Å². The number of aromatic nitrogens is 1. The van der Waals surface area contributed by atoms with E-state index in [1.54, 1.807) is 48.8 Å². The number of carbonyl (C=O) groups is 1. The normalized spacial score (nSPS) is 11.0. The summed E-state index contributed by atoms with van der Waals surface area (Å²) in [6.45, 7) is 2.27. The van der Waals surface area contributed by atoms with Crippen molar-refractivity contribution in [1.82, 2.24) is 10.3 Å². The van der Waals surface area contributed by atoms with Crippen molar-refractivity contribution in [2.45, 2.75) is 23.3 Å². The Balaban J connectivity index is 1.64. The molecule has 0 saturated heterocycles. The molecule has 0 bridgehead atoms. The van der Waals surface area contributed by atoms with Crippen molar-refractivity contribution in [3.63, 3.8) is 0 Å². The van der Waals surface area contributed by atoms with E-state index in [2.05, 4.69) is 15.6 Å². The van der Waals surface area contributed by atoms with Crippen LogP contribution < -0.4 is 10.6 Å². The molecule has 0 atom stereocenters. The van der Waals surface area contributed by atoms with Crippen molar-refractivity contribution >= 4 is 21.6 Å². The zero-order chi connectivity index (χ0) is 19.3. The van der Waals surface area contributed by atoms with E-state index in [4.69, 9.17) is 0 Å². The highest BCUT2D eigenvalue weighted by Gasteiger charge is 2.17. The number of nitrogens with one attached hydrogen (secondary N) is 2. The molecule has 0 radical (unpaired) electrons. The second-order valence-corrected chi connectivity index (χ2v) is 7.95. The number of anilines is 1. The van der Waals surface area contributed by atoms with E-state index in [9.17, 15) is 13.2 Å². The largest absolute Gasteiger partial charge is 0.334 e. The van der Waals surface area contributed by atoms with E-state index >= 15 is 0 Å². The number of sulfone groups is 1. The molecule has 0 aliphatic rings. The van der Waals surface area contributed by atoms with Crippen LogP contribution >= 0.6 is 0 Å². The Bertz CT molecular complexity index is 1020. The minimum Gasteiger partial charge on any atom is -0.334 e. The zero-order valence-electron chi connectivity index (χ0n) is 14.7. The molecule has 2 N–H and O–H groups in total. The molecule has 0 spiro atoms. The molecule has 0 saturated carbocycles. The highest BCUT2D eigenvalue weighted by Crippen LogP contribution is 2.22. The predicted molar refractivity (Wildman–Crippen MR) is 103 cm³/mol. The van der Waals surface area contributed by atoms with Gasteiger partial charge in [-0.25, -0.2) is 13.2 Å². The maximum absolute atomic E-state index is 12.6. The van der Waals surface area contributed by atoms with Crippen LogP contribution in [-0.4, -0.2) is 19.4 Å². The fourth-order valence-corrected chi connectivity index (χ4v) is 3.69. The van der Waals surface area contributed by atoms with Crippen LogP contribution in [0, 0.1) is 6.92 Å². The Kier molecular flexibility index (Phi) is 5.52. The van der Waals surface area contributed by atoms with Crippen molar-refractivity contribution in [3.05, 3.63) is 84.2 Å². The number of nitrogens with zero attached hydrogens (tertiary/aromatic N) is 1. The number of amides is 2. The first-order valence-corrected chi connectivity index (χ1v) is 9.79. The molecule has 1 aromatic heterocycles. The Morgan fingerprint density at radius 3 is 2.04 bits per heavy atom. The highest BCUT2D eigenvalue weighted by molar-refractivity contribution is 7.91. The number of benzene rings is 2. The van der Waals surface area contributed by atoms with Crippen LogP contribution in [0.5, 0.6) is 0 Å². The van der Waals surface area contributed by atoms with Crippen LogP contribution in [0.3, 0.4) is 0 Å². The molecule has 0 fully saturated rings. The van der Waals surface area contributed by atoms with Crippen LogP contribution in [0.4, 0.5) is 10.5 Å². The van der Waals surface area contributed by atoms with Gasteiger partial charge < -0.3 is 10.6 Å². The van der Waals surface area contributed by atoms with E-state index in [0.29, 0.717) is 12.2 Å². The van der Waals surface area contributed by atoms with Gasteiger partial charge in [0.05, 0.1) is 9.79 Å². The van der Waals surface area contributed by atoms with Gasteiger partial charge in [-0.1, -0.05) is 17.7 Å². The van der Waals surface area contributed by atoms with Gasteiger partial charge in [0.25, 0.3) is 0 Å². The molecular formula is C20H19N3O3S. The van der Waals surface area contributed by atoms with Gasteiger partial charge in [0.15, 0.2) is 0 Å². The average Bonchev–Trinajstić information content (AvgIpc) is 2.68. The van der Waals surface area contributed by atoms with E-state index < -0.39 is 9.84 Å². The molecule has 0 aliphatic carbocycles. The van der Waals surface area contributed by atoms with Gasteiger partial charge in [-0.2, -0.15) is 0 Å². The molecule has 3 rings (SSSR count). The molecule has 27 heavy (non-hydrogen) atoms. The lowest BCUT2D eigenvalue weighted by atomic mass is 10.2. The Morgan fingerprint density at radius 1 is 0.889 bits per heavy atom. The third kappa shape index (κ3) is 4.71. The Labute approximate surface area is 158 Å². The van der Waals surface area contributed by atoms with Crippen LogP contribution in [0.2, 0.25) is 0 Å².